The maximum Gasteiger partial charge on any atom is 0.486 e. The van der Waals surface area contributed by atoms with Crippen LogP contribution < -0.4 is 0 Å². The molecule has 3 saturated heterocycles. The number of rotatable bonds is 7. The summed E-state index contributed by atoms with van der Waals surface area (Å²) >= 11 is 0. The Labute approximate surface area is 213 Å². The number of hydrogen-bond donors (Lipinski definition) is 2. The van der Waals surface area contributed by atoms with Gasteiger partial charge in [-0.3, -0.25) is 0 Å². The Morgan fingerprint density at radius 3 is 2.61 bits per heavy atom. The van der Waals surface area contributed by atoms with Crippen LogP contribution in [0.3, 0.4) is 0 Å². The van der Waals surface area contributed by atoms with Gasteiger partial charge in [0.05, 0.1) is 23.7 Å². The number of aliphatic hydroxyl groups excluding tert-OH is 1. The number of hydrogen-bond acceptors (Lipinski definition) is 6. The molecule has 0 aromatic heterocycles. The van der Waals surface area contributed by atoms with Crippen LogP contribution in [0, 0.1) is 28.6 Å². The SMILES string of the molecule is CCC[C@@H]1[C@@H](OC(=[OH+])C[C@](O)(CC)C(C)C)C(=O)O[C@@H]2C[C@@H]3C(C)=CC4(C[OH+]4)C(O)[C@]3(C)C3OC[C@@]312. The number of epoxide rings is 1. The molecule has 0 bridgehead atoms. The number of allylic oxidation sites excluding steroid dienone is 1. The van der Waals surface area contributed by atoms with E-state index in [1.807, 2.05) is 20.8 Å². The molecule has 5 rings (SSSR count). The fourth-order valence-electron chi connectivity index (χ4n) is 8.13. The van der Waals surface area contributed by atoms with Gasteiger partial charge in [0.1, 0.15) is 18.6 Å². The van der Waals surface area contributed by atoms with E-state index in [1.54, 1.807) is 0 Å². The minimum Gasteiger partial charge on any atom is -0.457 e. The van der Waals surface area contributed by atoms with Crippen molar-refractivity contribution in [2.24, 2.45) is 28.6 Å². The Morgan fingerprint density at radius 2 is 2.08 bits per heavy atom. The second-order valence-corrected chi connectivity index (χ2v) is 12.6. The van der Waals surface area contributed by atoms with Crippen LogP contribution in [0.4, 0.5) is 0 Å². The van der Waals surface area contributed by atoms with Crippen LogP contribution in [0.1, 0.15) is 73.6 Å². The lowest BCUT2D eigenvalue weighted by molar-refractivity contribution is -0.362. The first kappa shape index (κ1) is 26.1. The van der Waals surface area contributed by atoms with Crippen molar-refractivity contribution in [3.63, 3.8) is 0 Å². The first-order chi connectivity index (χ1) is 16.9. The molecule has 0 aromatic carbocycles. The van der Waals surface area contributed by atoms with E-state index >= 15 is 0 Å². The minimum absolute atomic E-state index is 0.0236. The molecule has 0 amide bonds. The van der Waals surface area contributed by atoms with Gasteiger partial charge in [0, 0.05) is 17.4 Å². The van der Waals surface area contributed by atoms with Crippen LogP contribution in [0.2, 0.25) is 0 Å². The Bertz CT molecular complexity index is 955. The normalized spacial score (nSPS) is 46.5. The van der Waals surface area contributed by atoms with Gasteiger partial charge >= 0.3 is 11.9 Å². The molecule has 3 aliphatic heterocycles. The highest BCUT2D eigenvalue weighted by Gasteiger charge is 2.80. The Morgan fingerprint density at radius 1 is 1.39 bits per heavy atom. The van der Waals surface area contributed by atoms with E-state index in [2.05, 4.69) is 31.6 Å². The predicted octanol–water partition coefficient (Wildman–Crippen LogP) is 2.42. The topological polar surface area (TPSA) is 119 Å². The van der Waals surface area contributed by atoms with E-state index < -0.39 is 40.2 Å². The molecular formula is C28H44O8+2. The third kappa shape index (κ3) is 3.40. The monoisotopic (exact) mass is 508 g/mol. The van der Waals surface area contributed by atoms with Gasteiger partial charge in [-0.15, -0.1) is 0 Å². The maximum atomic E-state index is 13.4. The number of carbonyl (C=O) groups excluding carboxylic acids is 2. The van der Waals surface area contributed by atoms with Gasteiger partial charge < -0.3 is 34.0 Å². The first-order valence-corrected chi connectivity index (χ1v) is 13.7. The number of esters is 2. The largest absolute Gasteiger partial charge is 0.486 e. The average molecular weight is 509 g/mol. The van der Waals surface area contributed by atoms with Crippen molar-refractivity contribution in [1.29, 1.82) is 0 Å². The summed E-state index contributed by atoms with van der Waals surface area (Å²) in [7, 11) is 0. The van der Waals surface area contributed by atoms with Gasteiger partial charge in [-0.2, -0.15) is 0 Å². The summed E-state index contributed by atoms with van der Waals surface area (Å²) in [5.74, 6) is -1.12. The van der Waals surface area contributed by atoms with E-state index in [-0.39, 0.29) is 42.4 Å². The lowest BCUT2D eigenvalue weighted by Crippen LogP contribution is -2.79. The predicted molar refractivity (Wildman–Crippen MR) is 133 cm³/mol. The molecule has 2 aliphatic carbocycles. The van der Waals surface area contributed by atoms with Crippen molar-refractivity contribution >= 4 is 11.9 Å². The number of aliphatic hydroxyl groups is 4. The second-order valence-electron chi connectivity index (χ2n) is 12.6. The lowest BCUT2D eigenvalue weighted by Gasteiger charge is -2.69. The highest BCUT2D eigenvalue weighted by atomic mass is 16.6. The maximum absolute atomic E-state index is 13.4. The Balaban J connectivity index is 1.47. The molecule has 3 heterocycles. The highest BCUT2D eigenvalue weighted by Crippen LogP contribution is 2.68. The Hall–Kier alpha value is -1.48. The third-order valence-corrected chi connectivity index (χ3v) is 10.5. The van der Waals surface area contributed by atoms with Gasteiger partial charge in [-0.25, -0.2) is 4.79 Å². The first-order valence-electron chi connectivity index (χ1n) is 13.7. The van der Waals surface area contributed by atoms with Crippen molar-refractivity contribution in [3.8, 4) is 0 Å². The molecular weight excluding hydrogens is 464 g/mol. The molecule has 10 atom stereocenters. The van der Waals surface area contributed by atoms with Crippen LogP contribution in [-0.4, -0.2) is 80.5 Å². The highest BCUT2D eigenvalue weighted by molar-refractivity contribution is 5.81. The summed E-state index contributed by atoms with van der Waals surface area (Å²) in [5, 5.41) is 22.6. The molecule has 4 fully saturated rings. The van der Waals surface area contributed by atoms with E-state index in [0.29, 0.717) is 32.5 Å². The molecule has 0 radical (unpaired) electrons. The smallest absolute Gasteiger partial charge is 0.457 e. The zero-order valence-electron chi connectivity index (χ0n) is 22.5. The van der Waals surface area contributed by atoms with Crippen LogP contribution in [0.15, 0.2) is 11.6 Å². The fraction of sp³-hybridized carbons (Fsp3) is 0.857. The molecule has 8 heteroatoms. The zero-order chi connectivity index (χ0) is 26.3. The van der Waals surface area contributed by atoms with Gasteiger partial charge in [0.15, 0.2) is 0 Å². The van der Waals surface area contributed by atoms with Crippen LogP contribution in [-0.2, 0) is 19.0 Å². The summed E-state index contributed by atoms with van der Waals surface area (Å²) in [6.45, 7) is 13.0. The second kappa shape index (κ2) is 8.52. The quantitative estimate of drug-likeness (QED) is 0.236. The van der Waals surface area contributed by atoms with E-state index in [1.165, 1.54) is 5.57 Å². The molecule has 3 unspecified atom stereocenters. The molecule has 36 heavy (non-hydrogen) atoms. The Kier molecular flexibility index (Phi) is 6.18. The number of carbonyl (C=O) groups is 1. The zero-order valence-corrected chi connectivity index (χ0v) is 22.5. The lowest BCUT2D eigenvalue weighted by atomic mass is 9.43. The standard InChI is InChI=1S/C28H42O8/c1-7-9-17-21(36-20(29)12-26(32,8-2)15(3)4)22(30)35-19-10-18-16(5)11-27(13-34-27)23(31)25(18,6)24-28(17,19)14-33-24/h11,15,17-19,21,23-24,31-32H,7-10,12-14H2,1-6H3/p+2/t17-,18-,19-,21-,23?,24?,25-,26-,27?,28-/m1/s1. The number of fused-ring (bicyclic) bond motifs is 2. The third-order valence-electron chi connectivity index (χ3n) is 10.5. The summed E-state index contributed by atoms with van der Waals surface area (Å²) in [6, 6.07) is 0. The molecule has 5 aliphatic rings. The van der Waals surface area contributed by atoms with Crippen molar-refractivity contribution < 1.29 is 38.7 Å². The van der Waals surface area contributed by atoms with Crippen molar-refractivity contribution in [1.82, 2.24) is 0 Å². The van der Waals surface area contributed by atoms with E-state index in [0.717, 1.165) is 6.42 Å². The van der Waals surface area contributed by atoms with Crippen molar-refractivity contribution in [2.45, 2.75) is 109 Å². The molecule has 2 spiro atoms. The summed E-state index contributed by atoms with van der Waals surface area (Å²) in [4.78, 5) is 24.2. The van der Waals surface area contributed by atoms with E-state index in [4.69, 9.17) is 14.2 Å². The molecule has 202 valence electrons. The summed E-state index contributed by atoms with van der Waals surface area (Å²) < 4.78 is 23.0. The van der Waals surface area contributed by atoms with Gasteiger partial charge in [0.2, 0.25) is 6.61 Å². The number of ether oxygens (including phenoxy) is 4. The van der Waals surface area contributed by atoms with Crippen molar-refractivity contribution in [3.05, 3.63) is 11.6 Å². The molecule has 4 N–H and O–H groups in total. The van der Waals surface area contributed by atoms with Crippen molar-refractivity contribution in [2.75, 3.05) is 13.2 Å². The molecule has 8 nitrogen and oxygen atoms in total. The van der Waals surface area contributed by atoms with Crippen LogP contribution >= 0.6 is 0 Å². The molecule has 1 saturated carbocycles. The minimum atomic E-state index is -1.13. The van der Waals surface area contributed by atoms with Crippen LogP contribution in [0.5, 0.6) is 0 Å². The van der Waals surface area contributed by atoms with Gasteiger partial charge in [-0.05, 0) is 38.0 Å². The summed E-state index contributed by atoms with van der Waals surface area (Å²) in [6.07, 6.45) is 2.32. The fourth-order valence-corrected chi connectivity index (χ4v) is 8.13. The van der Waals surface area contributed by atoms with E-state index in [9.17, 15) is 19.8 Å². The van der Waals surface area contributed by atoms with Gasteiger partial charge in [-0.1, -0.05) is 46.6 Å². The summed E-state index contributed by atoms with van der Waals surface area (Å²) in [5.41, 5.74) is -1.56. The average Bonchev–Trinajstić information content (AvgIpc) is 3.56. The van der Waals surface area contributed by atoms with Gasteiger partial charge in [0.25, 0.3) is 11.7 Å². The molecule has 0 aromatic rings. The van der Waals surface area contributed by atoms with Crippen LogP contribution in [0.25, 0.3) is 0 Å².